The zero-order valence-electron chi connectivity index (χ0n) is 2.40. The number of hydrogen-bond acceptors (Lipinski definition) is 1. The van der Waals surface area contributed by atoms with Crippen LogP contribution in [0.3, 0.4) is 0 Å². The Labute approximate surface area is 57.4 Å². The van der Waals surface area contributed by atoms with E-state index in [1.54, 1.807) is 0 Å². The van der Waals surface area contributed by atoms with Crippen molar-refractivity contribution in [1.29, 1.82) is 0 Å². The van der Waals surface area contributed by atoms with E-state index in [9.17, 15) is 0 Å². The fraction of sp³-hybridized carbons (Fsp3) is 0. The monoisotopic (exact) mass is 226 g/mol. The topological polar surface area (TPSA) is 33.5 Å². The van der Waals surface area contributed by atoms with Crippen LogP contribution in [0.25, 0.3) is 6.15 Å². The third kappa shape index (κ3) is 9.30. The maximum absolute atomic E-state index is 4.25. The molecule has 0 bridgehead atoms. The Bertz CT molecular complexity index is 8.00. The summed E-state index contributed by atoms with van der Waals surface area (Å²) in [7, 11) is 4.25. The molecule has 0 heterocycles. The average Bonchev–Trinajstić information content (AvgIpc) is 1.00. The number of nitrogens with two attached hydrogens (primary N) is 1. The third-order valence-electron chi connectivity index (χ3n) is 0. The van der Waals surface area contributed by atoms with Crippen LogP contribution in [0, 0.1) is 0 Å². The molecular formula is H2CdNSZn-. The van der Waals surface area contributed by atoms with Gasteiger partial charge in [0, 0.05) is 19.5 Å². The SMILES string of the molecule is [NH2-].[S]=[Cd].[Zn]. The minimum absolute atomic E-state index is 0. The molecule has 0 rings (SSSR count). The first-order valence-corrected chi connectivity index (χ1v) is 5.81. The molecule has 0 aliphatic rings. The average molecular weight is 226 g/mol. The molecule has 0 saturated heterocycles. The first-order valence-electron chi connectivity index (χ1n) is 0.289. The van der Waals surface area contributed by atoms with Gasteiger partial charge >= 0.3 is 32.3 Å². The van der Waals surface area contributed by atoms with Crippen molar-refractivity contribution >= 4 is 8.65 Å². The molecule has 0 aromatic carbocycles. The maximum Gasteiger partial charge on any atom is 0 e. The van der Waals surface area contributed by atoms with Crippen molar-refractivity contribution < 1.29 is 43.2 Å². The van der Waals surface area contributed by atoms with Crippen molar-refractivity contribution in [3.63, 3.8) is 0 Å². The third-order valence-corrected chi connectivity index (χ3v) is 0. The van der Waals surface area contributed by atoms with E-state index in [2.05, 4.69) is 8.65 Å². The molecule has 18 valence electrons. The van der Waals surface area contributed by atoms with Gasteiger partial charge < -0.3 is 6.15 Å². The summed E-state index contributed by atoms with van der Waals surface area (Å²) in [6, 6.07) is 0. The fourth-order valence-corrected chi connectivity index (χ4v) is 0. The molecule has 0 aromatic rings. The summed E-state index contributed by atoms with van der Waals surface area (Å²) in [6.07, 6.45) is 0. The molecule has 2 N–H and O–H groups in total. The first-order chi connectivity index (χ1) is 1.00. The standard InChI is InChI=1S/Cd.H2N.S.Zn/h;1H2;;/q;-1;;. The van der Waals surface area contributed by atoms with Crippen LogP contribution in [0.4, 0.5) is 0 Å². The van der Waals surface area contributed by atoms with Gasteiger partial charge in [-0.2, -0.15) is 0 Å². The van der Waals surface area contributed by atoms with Crippen molar-refractivity contribution in [1.82, 2.24) is 0 Å². The predicted octanol–water partition coefficient (Wildman–Crippen LogP) is 1.36. The van der Waals surface area contributed by atoms with Crippen LogP contribution in [0.1, 0.15) is 0 Å². The molecule has 0 aromatic heterocycles. The summed E-state index contributed by atoms with van der Waals surface area (Å²) in [5.41, 5.74) is 0. The molecule has 0 atom stereocenters. The van der Waals surface area contributed by atoms with Crippen LogP contribution in [-0.2, 0) is 43.2 Å². The molecule has 4 heteroatoms. The Morgan fingerprint density at radius 2 is 1.25 bits per heavy atom. The molecule has 0 aliphatic carbocycles. The van der Waals surface area contributed by atoms with Crippen LogP contribution in [0.5, 0.6) is 0 Å². The van der Waals surface area contributed by atoms with Gasteiger partial charge in [0.2, 0.25) is 0 Å². The molecule has 1 nitrogen and oxygen atoms in total. The molecular weight excluding hydrogens is 224 g/mol. The van der Waals surface area contributed by atoms with Gasteiger partial charge in [0.1, 0.15) is 0 Å². The summed E-state index contributed by atoms with van der Waals surface area (Å²) in [4.78, 5) is 0. The molecule has 0 saturated carbocycles. The van der Waals surface area contributed by atoms with Crippen LogP contribution >= 0.6 is 8.65 Å². The predicted molar refractivity (Wildman–Crippen MR) is 12.9 cm³/mol. The van der Waals surface area contributed by atoms with Crippen LogP contribution in [-0.4, -0.2) is 0 Å². The fourth-order valence-electron chi connectivity index (χ4n) is 0. The van der Waals surface area contributed by atoms with E-state index in [0.717, 1.165) is 23.7 Å². The largest absolute Gasteiger partial charge is 0 e. The van der Waals surface area contributed by atoms with Crippen LogP contribution < -0.4 is 0 Å². The molecule has 0 amide bonds. The second-order valence-electron chi connectivity index (χ2n) is 0. The van der Waals surface area contributed by atoms with E-state index in [1.807, 2.05) is 0 Å². The van der Waals surface area contributed by atoms with Gasteiger partial charge in [0.15, 0.2) is 0 Å². The van der Waals surface area contributed by atoms with Crippen molar-refractivity contribution in [2.24, 2.45) is 0 Å². The minimum Gasteiger partial charge on any atom is 0 e. The van der Waals surface area contributed by atoms with Crippen molar-refractivity contribution in [2.45, 2.75) is 0 Å². The van der Waals surface area contributed by atoms with Gasteiger partial charge in [-0.1, -0.05) is 0 Å². The Balaban J connectivity index is -0.00000000500. The van der Waals surface area contributed by atoms with Gasteiger partial charge in [-0.25, -0.2) is 0 Å². The summed E-state index contributed by atoms with van der Waals surface area (Å²) in [6.45, 7) is 0. The van der Waals surface area contributed by atoms with Crippen molar-refractivity contribution in [3.05, 3.63) is 6.15 Å². The molecule has 0 radical (unpaired) electrons. The Kier molecular flexibility index (Phi) is 94.8. The van der Waals surface area contributed by atoms with Crippen molar-refractivity contribution in [3.8, 4) is 0 Å². The van der Waals surface area contributed by atoms with Crippen LogP contribution in [0.15, 0.2) is 0 Å². The van der Waals surface area contributed by atoms with Gasteiger partial charge in [-0.15, -0.1) is 0 Å². The number of hydrogen-bond donors (Lipinski definition) is 0. The van der Waals surface area contributed by atoms with E-state index in [4.69, 9.17) is 0 Å². The molecule has 4 heavy (non-hydrogen) atoms. The summed E-state index contributed by atoms with van der Waals surface area (Å²) in [5.74, 6) is 0. The minimum atomic E-state index is 0. The Hall–Kier alpha value is 1.73. The zero-order chi connectivity index (χ0) is 2.00. The van der Waals surface area contributed by atoms with E-state index in [1.165, 1.54) is 0 Å². The molecule has 0 fully saturated rings. The molecule has 0 spiro atoms. The summed E-state index contributed by atoms with van der Waals surface area (Å²) in [5, 5.41) is 0. The normalized spacial score (nSPS) is 1.50. The molecule has 0 aliphatic heterocycles. The second-order valence-corrected chi connectivity index (χ2v) is 0. The maximum atomic E-state index is 4.25. The molecule has 0 unspecified atom stereocenters. The zero-order valence-corrected chi connectivity index (χ0v) is 10.2. The smallest absolute Gasteiger partial charge is 0 e. The quantitative estimate of drug-likeness (QED) is 0.574. The van der Waals surface area contributed by atoms with Gasteiger partial charge in [0.25, 0.3) is 0 Å². The first kappa shape index (κ1) is 17.2. The van der Waals surface area contributed by atoms with Crippen LogP contribution in [0.2, 0.25) is 0 Å². The van der Waals surface area contributed by atoms with E-state index in [0.29, 0.717) is 0 Å². The Morgan fingerprint density at radius 1 is 1.25 bits per heavy atom. The summed E-state index contributed by atoms with van der Waals surface area (Å²) >= 11 is 0.733. The van der Waals surface area contributed by atoms with Gasteiger partial charge in [0.05, 0.1) is 0 Å². The van der Waals surface area contributed by atoms with E-state index < -0.39 is 0 Å². The van der Waals surface area contributed by atoms with Gasteiger partial charge in [-0.3, -0.25) is 0 Å². The number of rotatable bonds is 0. The van der Waals surface area contributed by atoms with Crippen molar-refractivity contribution in [2.75, 3.05) is 0 Å². The Morgan fingerprint density at radius 3 is 1.25 bits per heavy atom. The summed E-state index contributed by atoms with van der Waals surface area (Å²) < 4.78 is 0. The van der Waals surface area contributed by atoms with E-state index in [-0.39, 0.29) is 25.6 Å². The van der Waals surface area contributed by atoms with Gasteiger partial charge in [-0.05, 0) is 0 Å². The van der Waals surface area contributed by atoms with E-state index >= 15 is 0 Å². The second kappa shape index (κ2) is 22.0.